The largest absolute Gasteiger partial charge is 0.493 e. The zero-order chi connectivity index (χ0) is 23.1. The van der Waals surface area contributed by atoms with E-state index in [1.165, 1.54) is 30.7 Å². The van der Waals surface area contributed by atoms with Crippen molar-refractivity contribution < 1.29 is 22.7 Å². The molecule has 9 nitrogen and oxygen atoms in total. The Kier molecular flexibility index (Phi) is 8.75. The fourth-order valence-corrected chi connectivity index (χ4v) is 5.98. The number of carbonyl (C=O) groups is 1. The van der Waals surface area contributed by atoms with E-state index >= 15 is 0 Å². The number of piperazine rings is 1. The summed E-state index contributed by atoms with van der Waals surface area (Å²) in [7, 11) is -0.821. The maximum Gasteiger partial charge on any atom is 0.243 e. The maximum atomic E-state index is 13.6. The first-order valence-electron chi connectivity index (χ1n) is 11.4. The number of hydrogen-bond acceptors (Lipinski definition) is 7. The van der Waals surface area contributed by atoms with Gasteiger partial charge in [-0.2, -0.15) is 4.31 Å². The van der Waals surface area contributed by atoms with E-state index in [4.69, 9.17) is 9.47 Å². The lowest BCUT2D eigenvalue weighted by atomic mass is 10.2. The van der Waals surface area contributed by atoms with Crippen LogP contribution in [-0.2, 0) is 14.8 Å². The van der Waals surface area contributed by atoms with Gasteiger partial charge in [-0.1, -0.05) is 6.92 Å². The summed E-state index contributed by atoms with van der Waals surface area (Å²) in [5.41, 5.74) is 0. The molecule has 180 valence electrons. The van der Waals surface area contributed by atoms with Crippen molar-refractivity contribution in [3.05, 3.63) is 18.2 Å². The Labute approximate surface area is 191 Å². The summed E-state index contributed by atoms with van der Waals surface area (Å²) < 4.78 is 39.3. The predicted molar refractivity (Wildman–Crippen MR) is 123 cm³/mol. The Balaban J connectivity index is 1.82. The van der Waals surface area contributed by atoms with E-state index in [0.717, 1.165) is 39.0 Å². The van der Waals surface area contributed by atoms with Crippen LogP contribution in [0, 0.1) is 0 Å². The molecular formula is C22H36N4O5S. The predicted octanol–water partition coefficient (Wildman–Crippen LogP) is 1.00. The Morgan fingerprint density at radius 1 is 1.16 bits per heavy atom. The smallest absolute Gasteiger partial charge is 0.243 e. The molecule has 3 rings (SSSR count). The van der Waals surface area contributed by atoms with Gasteiger partial charge in [0, 0.05) is 57.8 Å². The topological polar surface area (TPSA) is 91.4 Å². The number of ether oxygens (including phenoxy) is 2. The van der Waals surface area contributed by atoms with Crippen molar-refractivity contribution in [1.82, 2.24) is 19.4 Å². The standard InChI is InChI=1S/C22H36N4O5S/c1-4-24-12-5-6-18(24)17-26(13-9-22(27)25-14-10-23-11-15-25)32(28,29)19-7-8-20(30-2)21(16-19)31-3/h7-8,16,18,23H,4-6,9-15,17H2,1-3H3/t18-/m1/s1. The number of likely N-dealkylation sites (N-methyl/N-ethyl adjacent to an activating group) is 1. The van der Waals surface area contributed by atoms with E-state index in [0.29, 0.717) is 31.1 Å². The van der Waals surface area contributed by atoms with Crippen LogP contribution in [0.1, 0.15) is 26.2 Å². The minimum atomic E-state index is -3.82. The molecule has 1 aromatic carbocycles. The van der Waals surface area contributed by atoms with E-state index < -0.39 is 10.0 Å². The number of amides is 1. The van der Waals surface area contributed by atoms with Crippen molar-refractivity contribution in [2.75, 3.05) is 66.6 Å². The quantitative estimate of drug-likeness (QED) is 0.548. The van der Waals surface area contributed by atoms with E-state index in [9.17, 15) is 13.2 Å². The molecule has 1 atom stereocenters. The molecule has 0 aromatic heterocycles. The van der Waals surface area contributed by atoms with Crippen molar-refractivity contribution in [3.8, 4) is 11.5 Å². The Morgan fingerprint density at radius 2 is 1.88 bits per heavy atom. The average molecular weight is 469 g/mol. The highest BCUT2D eigenvalue weighted by atomic mass is 32.2. The highest BCUT2D eigenvalue weighted by Crippen LogP contribution is 2.31. The van der Waals surface area contributed by atoms with Gasteiger partial charge < -0.3 is 19.7 Å². The molecule has 0 spiro atoms. The summed E-state index contributed by atoms with van der Waals surface area (Å²) in [6, 6.07) is 4.78. The molecule has 2 heterocycles. The monoisotopic (exact) mass is 468 g/mol. The van der Waals surface area contributed by atoms with Gasteiger partial charge in [0.1, 0.15) is 0 Å². The molecule has 10 heteroatoms. The molecule has 1 N–H and O–H groups in total. The van der Waals surface area contributed by atoms with Gasteiger partial charge in [-0.3, -0.25) is 9.69 Å². The van der Waals surface area contributed by atoms with Crippen LogP contribution >= 0.6 is 0 Å². The molecule has 1 amide bonds. The highest BCUT2D eigenvalue weighted by Gasteiger charge is 2.32. The van der Waals surface area contributed by atoms with E-state index in [1.807, 2.05) is 4.90 Å². The summed E-state index contributed by atoms with van der Waals surface area (Å²) in [6.07, 6.45) is 2.19. The molecule has 2 aliphatic heterocycles. The summed E-state index contributed by atoms with van der Waals surface area (Å²) in [4.78, 5) is 17.0. The lowest BCUT2D eigenvalue weighted by molar-refractivity contribution is -0.131. The van der Waals surface area contributed by atoms with Crippen LogP contribution in [0.25, 0.3) is 0 Å². The minimum Gasteiger partial charge on any atom is -0.493 e. The molecule has 1 aromatic rings. The number of rotatable bonds is 10. The van der Waals surface area contributed by atoms with Crippen LogP contribution in [0.2, 0.25) is 0 Å². The molecule has 2 fully saturated rings. The normalized spacial score (nSPS) is 20.0. The Morgan fingerprint density at radius 3 is 2.53 bits per heavy atom. The molecule has 0 bridgehead atoms. The average Bonchev–Trinajstić information content (AvgIpc) is 3.28. The molecule has 0 aliphatic carbocycles. The van der Waals surface area contributed by atoms with Crippen molar-refractivity contribution >= 4 is 15.9 Å². The summed E-state index contributed by atoms with van der Waals surface area (Å²) in [6.45, 7) is 7.35. The fraction of sp³-hybridized carbons (Fsp3) is 0.682. The van der Waals surface area contributed by atoms with Crippen LogP contribution in [0.3, 0.4) is 0 Å². The number of nitrogens with zero attached hydrogens (tertiary/aromatic N) is 3. The second-order valence-corrected chi connectivity index (χ2v) is 10.1. The van der Waals surface area contributed by atoms with Gasteiger partial charge >= 0.3 is 0 Å². The number of methoxy groups -OCH3 is 2. The van der Waals surface area contributed by atoms with Gasteiger partial charge in [0.15, 0.2) is 11.5 Å². The Hall–Kier alpha value is -1.88. The maximum absolute atomic E-state index is 13.6. The number of benzene rings is 1. The van der Waals surface area contributed by atoms with Crippen LogP contribution < -0.4 is 14.8 Å². The van der Waals surface area contributed by atoms with Crippen molar-refractivity contribution in [2.24, 2.45) is 0 Å². The van der Waals surface area contributed by atoms with Crippen molar-refractivity contribution in [3.63, 3.8) is 0 Å². The van der Waals surface area contributed by atoms with E-state index in [2.05, 4.69) is 17.1 Å². The van der Waals surface area contributed by atoms with Gasteiger partial charge in [-0.05, 0) is 38.1 Å². The van der Waals surface area contributed by atoms with Crippen LogP contribution in [-0.4, -0.2) is 101 Å². The van der Waals surface area contributed by atoms with Crippen molar-refractivity contribution in [1.29, 1.82) is 0 Å². The number of likely N-dealkylation sites (tertiary alicyclic amines) is 1. The number of sulfonamides is 1. The van der Waals surface area contributed by atoms with Gasteiger partial charge in [-0.25, -0.2) is 8.42 Å². The first-order chi connectivity index (χ1) is 15.4. The summed E-state index contributed by atoms with van der Waals surface area (Å²) in [5, 5.41) is 3.23. The van der Waals surface area contributed by atoms with Gasteiger partial charge in [0.05, 0.1) is 19.1 Å². The zero-order valence-electron chi connectivity index (χ0n) is 19.4. The fourth-order valence-electron chi connectivity index (χ4n) is 4.48. The SMILES string of the molecule is CCN1CCC[C@@H]1CN(CCC(=O)N1CCNCC1)S(=O)(=O)c1ccc(OC)c(OC)c1. The first-order valence-corrected chi connectivity index (χ1v) is 12.8. The molecular weight excluding hydrogens is 432 g/mol. The number of carbonyl (C=O) groups excluding carboxylic acids is 1. The van der Waals surface area contributed by atoms with E-state index in [-0.39, 0.29) is 29.8 Å². The number of nitrogens with one attached hydrogen (secondary N) is 1. The first kappa shape index (κ1) is 24.8. The van der Waals surface area contributed by atoms with Crippen LogP contribution in [0.4, 0.5) is 0 Å². The molecule has 32 heavy (non-hydrogen) atoms. The summed E-state index contributed by atoms with van der Waals surface area (Å²) >= 11 is 0. The molecule has 0 radical (unpaired) electrons. The third-order valence-corrected chi connectivity index (χ3v) is 8.22. The molecule has 0 saturated carbocycles. The molecule has 2 saturated heterocycles. The molecule has 0 unspecified atom stereocenters. The van der Waals surface area contributed by atoms with Gasteiger partial charge in [-0.15, -0.1) is 0 Å². The van der Waals surface area contributed by atoms with Crippen molar-refractivity contribution in [2.45, 2.75) is 37.1 Å². The third-order valence-electron chi connectivity index (χ3n) is 6.36. The van der Waals surface area contributed by atoms with Crippen LogP contribution in [0.5, 0.6) is 11.5 Å². The lowest BCUT2D eigenvalue weighted by Crippen LogP contribution is -2.48. The second kappa shape index (κ2) is 11.3. The second-order valence-electron chi connectivity index (χ2n) is 8.19. The Bertz CT molecular complexity index is 873. The lowest BCUT2D eigenvalue weighted by Gasteiger charge is -2.31. The van der Waals surface area contributed by atoms with Gasteiger partial charge in [0.2, 0.25) is 15.9 Å². The van der Waals surface area contributed by atoms with Gasteiger partial charge in [0.25, 0.3) is 0 Å². The zero-order valence-corrected chi connectivity index (χ0v) is 20.2. The van der Waals surface area contributed by atoms with Crippen LogP contribution in [0.15, 0.2) is 23.1 Å². The third kappa shape index (κ3) is 5.72. The minimum absolute atomic E-state index is 0.00205. The highest BCUT2D eigenvalue weighted by molar-refractivity contribution is 7.89. The summed E-state index contributed by atoms with van der Waals surface area (Å²) in [5.74, 6) is 0.832. The molecule has 2 aliphatic rings. The number of hydrogen-bond donors (Lipinski definition) is 1. The van der Waals surface area contributed by atoms with E-state index in [1.54, 1.807) is 6.07 Å².